The number of amidine groups is 1. The van der Waals surface area contributed by atoms with E-state index in [2.05, 4.69) is 40.9 Å². The molecule has 2 aromatic carbocycles. The first kappa shape index (κ1) is 23.4. The van der Waals surface area contributed by atoms with Crippen LogP contribution in [-0.4, -0.2) is 54.4 Å². The van der Waals surface area contributed by atoms with Crippen LogP contribution in [0.5, 0.6) is 0 Å². The predicted molar refractivity (Wildman–Crippen MR) is 128 cm³/mol. The molecule has 9 heteroatoms. The number of rotatable bonds is 5. The van der Waals surface area contributed by atoms with Gasteiger partial charge >= 0.3 is 6.18 Å². The summed E-state index contributed by atoms with van der Waals surface area (Å²) in [6.07, 6.45) is -4.48. The molecule has 2 aromatic rings. The molecular formula is C24H25ClF3N5. The summed E-state index contributed by atoms with van der Waals surface area (Å²) >= 11 is 6.42. The topological polar surface area (TPSA) is 43.6 Å². The Labute approximate surface area is 196 Å². The molecule has 1 atom stereocenters. The highest BCUT2D eigenvalue weighted by molar-refractivity contribution is 6.36. The Morgan fingerprint density at radius 2 is 1.79 bits per heavy atom. The average Bonchev–Trinajstić information content (AvgIpc) is 2.96. The van der Waals surface area contributed by atoms with E-state index in [9.17, 15) is 13.2 Å². The van der Waals surface area contributed by atoms with Gasteiger partial charge in [-0.25, -0.2) is 0 Å². The Balaban J connectivity index is 1.84. The summed E-state index contributed by atoms with van der Waals surface area (Å²) in [5, 5.41) is 9.31. The molecule has 0 spiro atoms. The molecule has 0 aromatic heterocycles. The maximum atomic E-state index is 13.6. The summed E-state index contributed by atoms with van der Waals surface area (Å²) in [6, 6.07) is 10.8. The molecular weight excluding hydrogens is 451 g/mol. The van der Waals surface area contributed by atoms with Gasteiger partial charge in [0, 0.05) is 22.2 Å². The van der Waals surface area contributed by atoms with Crippen molar-refractivity contribution in [3.63, 3.8) is 0 Å². The van der Waals surface area contributed by atoms with Crippen LogP contribution in [0.2, 0.25) is 5.02 Å². The third kappa shape index (κ3) is 4.54. The minimum Gasteiger partial charge on any atom is -0.320 e. The van der Waals surface area contributed by atoms with Gasteiger partial charge in [-0.1, -0.05) is 43.6 Å². The van der Waals surface area contributed by atoms with Crippen molar-refractivity contribution >= 4 is 34.5 Å². The third-order valence-corrected chi connectivity index (χ3v) is 6.47. The van der Waals surface area contributed by atoms with Crippen molar-refractivity contribution in [1.29, 1.82) is 0 Å². The lowest BCUT2D eigenvalue weighted by Crippen LogP contribution is -2.48. The lowest BCUT2D eigenvalue weighted by atomic mass is 9.97. The number of anilines is 1. The summed E-state index contributed by atoms with van der Waals surface area (Å²) in [4.78, 5) is 8.84. The Bertz CT molecular complexity index is 1140. The quantitative estimate of drug-likeness (QED) is 0.572. The molecule has 0 bridgehead atoms. The molecule has 2 aliphatic heterocycles. The number of fused-ring (bicyclic) bond motifs is 3. The zero-order valence-electron chi connectivity index (χ0n) is 18.7. The summed E-state index contributed by atoms with van der Waals surface area (Å²) < 4.78 is 40.8. The van der Waals surface area contributed by atoms with Crippen LogP contribution in [-0.2, 0) is 6.18 Å². The van der Waals surface area contributed by atoms with E-state index >= 15 is 0 Å². The minimum atomic E-state index is -4.48. The van der Waals surface area contributed by atoms with Crippen molar-refractivity contribution in [2.45, 2.75) is 33.0 Å². The van der Waals surface area contributed by atoms with Crippen molar-refractivity contribution < 1.29 is 13.2 Å². The number of hydrogen-bond acceptors (Lipinski definition) is 5. The van der Waals surface area contributed by atoms with Crippen LogP contribution in [0.25, 0.3) is 0 Å². The summed E-state index contributed by atoms with van der Waals surface area (Å²) in [5.41, 5.74) is 2.10. The van der Waals surface area contributed by atoms with E-state index in [-0.39, 0.29) is 12.6 Å². The van der Waals surface area contributed by atoms with Gasteiger partial charge in [0.1, 0.15) is 0 Å². The van der Waals surface area contributed by atoms with Crippen molar-refractivity contribution in [3.05, 3.63) is 64.2 Å². The maximum Gasteiger partial charge on any atom is 0.416 e. The standard InChI is InChI=1S/C24H25ClF3N5/c1-4-32(5-2)15(3)20-14-33-21-11-10-16(24(26,27)28)12-18(21)23(29-13-22(33)31-30-20)17-8-6-7-9-19(17)25/h6-12,15H,4-5,13-14H2,1-3H3. The van der Waals surface area contributed by atoms with Gasteiger partial charge in [-0.05, 0) is 44.3 Å². The fourth-order valence-electron chi connectivity index (χ4n) is 4.26. The second-order valence-corrected chi connectivity index (χ2v) is 8.37. The van der Waals surface area contributed by atoms with Gasteiger partial charge in [0.2, 0.25) is 0 Å². The monoisotopic (exact) mass is 475 g/mol. The molecule has 0 aliphatic carbocycles. The van der Waals surface area contributed by atoms with Crippen LogP contribution in [0.15, 0.2) is 57.7 Å². The predicted octanol–water partition coefficient (Wildman–Crippen LogP) is 5.51. The van der Waals surface area contributed by atoms with E-state index in [0.29, 0.717) is 39.9 Å². The van der Waals surface area contributed by atoms with Crippen molar-refractivity contribution in [3.8, 4) is 0 Å². The van der Waals surface area contributed by atoms with Gasteiger partial charge in [0.25, 0.3) is 0 Å². The number of benzene rings is 2. The first-order valence-electron chi connectivity index (χ1n) is 10.9. The van der Waals surface area contributed by atoms with E-state index < -0.39 is 11.7 Å². The Morgan fingerprint density at radius 1 is 1.06 bits per heavy atom. The molecule has 174 valence electrons. The Kier molecular flexibility index (Phi) is 6.59. The van der Waals surface area contributed by atoms with Crippen LogP contribution in [0.4, 0.5) is 18.9 Å². The van der Waals surface area contributed by atoms with E-state index in [4.69, 9.17) is 11.6 Å². The summed E-state index contributed by atoms with van der Waals surface area (Å²) in [5.74, 6) is 0.591. The SMILES string of the molecule is CCN(CC)C(C)C1=NN=C2CN=C(c3ccccc3Cl)c3cc(C(F)(F)F)ccc3N2C1. The van der Waals surface area contributed by atoms with Crippen LogP contribution in [0.1, 0.15) is 37.5 Å². The molecule has 0 fully saturated rings. The zero-order chi connectivity index (χ0) is 23.8. The van der Waals surface area contributed by atoms with Gasteiger partial charge < -0.3 is 4.90 Å². The molecule has 5 nitrogen and oxygen atoms in total. The number of hydrogen-bond donors (Lipinski definition) is 0. The van der Waals surface area contributed by atoms with Crippen molar-refractivity contribution in [2.24, 2.45) is 15.2 Å². The molecule has 33 heavy (non-hydrogen) atoms. The molecule has 0 radical (unpaired) electrons. The Morgan fingerprint density at radius 3 is 2.45 bits per heavy atom. The fourth-order valence-corrected chi connectivity index (χ4v) is 4.48. The van der Waals surface area contributed by atoms with Crippen LogP contribution in [0.3, 0.4) is 0 Å². The second kappa shape index (κ2) is 9.27. The minimum absolute atomic E-state index is 0.0513. The van der Waals surface area contributed by atoms with E-state index in [0.717, 1.165) is 30.9 Å². The van der Waals surface area contributed by atoms with Gasteiger partial charge in [-0.2, -0.15) is 18.3 Å². The van der Waals surface area contributed by atoms with Crippen molar-refractivity contribution in [2.75, 3.05) is 31.1 Å². The number of nitrogens with zero attached hydrogens (tertiary/aromatic N) is 5. The van der Waals surface area contributed by atoms with Crippen LogP contribution >= 0.6 is 11.6 Å². The zero-order valence-corrected chi connectivity index (χ0v) is 19.5. The molecule has 0 saturated carbocycles. The largest absolute Gasteiger partial charge is 0.416 e. The van der Waals surface area contributed by atoms with Crippen LogP contribution < -0.4 is 4.90 Å². The normalized spacial score (nSPS) is 17.0. The highest BCUT2D eigenvalue weighted by atomic mass is 35.5. The average molecular weight is 476 g/mol. The van der Waals surface area contributed by atoms with Crippen LogP contribution in [0, 0.1) is 0 Å². The van der Waals surface area contributed by atoms with Gasteiger partial charge in [0.05, 0.1) is 35.8 Å². The maximum absolute atomic E-state index is 13.6. The molecule has 0 N–H and O–H groups in total. The van der Waals surface area contributed by atoms with Gasteiger partial charge in [-0.3, -0.25) is 9.89 Å². The lowest BCUT2D eigenvalue weighted by Gasteiger charge is -2.33. The second-order valence-electron chi connectivity index (χ2n) is 7.97. The number of aliphatic imine (C=N–C) groups is 1. The highest BCUT2D eigenvalue weighted by Gasteiger charge is 2.35. The molecule has 4 rings (SSSR count). The lowest BCUT2D eigenvalue weighted by molar-refractivity contribution is -0.137. The van der Waals surface area contributed by atoms with E-state index in [1.807, 2.05) is 4.90 Å². The van der Waals surface area contributed by atoms with Gasteiger partial charge in [0.15, 0.2) is 5.84 Å². The third-order valence-electron chi connectivity index (χ3n) is 6.15. The van der Waals surface area contributed by atoms with E-state index in [1.54, 1.807) is 24.3 Å². The first-order chi connectivity index (χ1) is 15.7. The molecule has 0 amide bonds. The molecule has 1 unspecified atom stereocenters. The summed E-state index contributed by atoms with van der Waals surface area (Å²) in [6.45, 7) is 8.58. The smallest absolute Gasteiger partial charge is 0.320 e. The van der Waals surface area contributed by atoms with E-state index in [1.165, 1.54) is 6.07 Å². The number of alkyl halides is 3. The molecule has 2 aliphatic rings. The summed E-state index contributed by atoms with van der Waals surface area (Å²) in [7, 11) is 0. The fraction of sp³-hybridized carbons (Fsp3) is 0.375. The Hall–Kier alpha value is -2.71. The highest BCUT2D eigenvalue weighted by Crippen LogP contribution is 2.36. The van der Waals surface area contributed by atoms with Crippen molar-refractivity contribution in [1.82, 2.24) is 4.90 Å². The molecule has 0 saturated heterocycles. The molecule has 2 heterocycles. The first-order valence-corrected chi connectivity index (χ1v) is 11.3. The number of halogens is 4. The van der Waals surface area contributed by atoms with Gasteiger partial charge in [-0.15, -0.1) is 5.10 Å².